The Hall–Kier alpha value is -0.220. The van der Waals surface area contributed by atoms with Crippen molar-refractivity contribution in [2.24, 2.45) is 0 Å². The number of aliphatic hydroxyl groups is 1. The molecule has 0 spiro atoms. The Morgan fingerprint density at radius 2 is 2.33 bits per heavy atom. The van der Waals surface area contributed by atoms with Gasteiger partial charge in [-0.15, -0.1) is 0 Å². The van der Waals surface area contributed by atoms with Crippen molar-refractivity contribution in [3.05, 3.63) is 0 Å². The molecule has 0 aromatic carbocycles. The van der Waals surface area contributed by atoms with Gasteiger partial charge in [-0.3, -0.25) is 4.79 Å². The topological polar surface area (TPSA) is 49.3 Å². The van der Waals surface area contributed by atoms with Gasteiger partial charge in [0.25, 0.3) is 0 Å². The van der Waals surface area contributed by atoms with E-state index in [1.807, 2.05) is 6.92 Å². The molecule has 3 nitrogen and oxygen atoms in total. The third kappa shape index (κ3) is 6.49. The first kappa shape index (κ1) is 11.8. The van der Waals surface area contributed by atoms with Crippen molar-refractivity contribution in [1.29, 1.82) is 0 Å². The molecule has 0 aliphatic heterocycles. The molecule has 1 atom stereocenters. The highest BCUT2D eigenvalue weighted by atomic mass is 32.1. The van der Waals surface area contributed by atoms with Gasteiger partial charge in [0.1, 0.15) is 0 Å². The maximum atomic E-state index is 10.9. The average molecular weight is 191 g/mol. The van der Waals surface area contributed by atoms with Crippen molar-refractivity contribution in [3.63, 3.8) is 0 Å². The molecule has 0 bridgehead atoms. The fourth-order valence-corrected chi connectivity index (χ4v) is 0.975. The lowest BCUT2D eigenvalue weighted by Gasteiger charge is -2.07. The smallest absolute Gasteiger partial charge is 0.220 e. The molecule has 2 N–H and O–H groups in total. The molecule has 0 heterocycles. The van der Waals surface area contributed by atoms with Gasteiger partial charge in [0.05, 0.1) is 6.10 Å². The van der Waals surface area contributed by atoms with Gasteiger partial charge in [-0.2, -0.15) is 12.6 Å². The van der Waals surface area contributed by atoms with Crippen LogP contribution in [-0.2, 0) is 4.79 Å². The highest BCUT2D eigenvalue weighted by molar-refractivity contribution is 7.80. The molecule has 72 valence electrons. The van der Waals surface area contributed by atoms with Crippen molar-refractivity contribution < 1.29 is 9.90 Å². The summed E-state index contributed by atoms with van der Waals surface area (Å²) in [5.74, 6) is 0.579. The predicted octanol–water partition coefficient (Wildman–Crippen LogP) is 0.583. The number of carbonyl (C=O) groups excluding carboxylic acids is 1. The first-order chi connectivity index (χ1) is 5.70. The van der Waals surface area contributed by atoms with Gasteiger partial charge in [-0.1, -0.05) is 6.92 Å². The number of hydrogen-bond acceptors (Lipinski definition) is 3. The van der Waals surface area contributed by atoms with Gasteiger partial charge in [0.2, 0.25) is 5.91 Å². The minimum absolute atomic E-state index is 0.00769. The fourth-order valence-electron chi connectivity index (χ4n) is 0.772. The van der Waals surface area contributed by atoms with E-state index in [0.29, 0.717) is 25.1 Å². The molecule has 0 aliphatic rings. The molecule has 0 radical (unpaired) electrons. The van der Waals surface area contributed by atoms with Crippen LogP contribution in [0.1, 0.15) is 26.2 Å². The Balaban J connectivity index is 3.24. The summed E-state index contributed by atoms with van der Waals surface area (Å²) in [5.41, 5.74) is 0. The van der Waals surface area contributed by atoms with Gasteiger partial charge in [-0.25, -0.2) is 0 Å². The minimum Gasteiger partial charge on any atom is -0.393 e. The summed E-state index contributed by atoms with van der Waals surface area (Å²) in [6.07, 6.45) is 1.53. The zero-order valence-corrected chi connectivity index (χ0v) is 8.31. The van der Waals surface area contributed by atoms with Gasteiger partial charge in [-0.05, 0) is 18.6 Å². The predicted molar refractivity (Wildman–Crippen MR) is 52.4 cm³/mol. The quantitative estimate of drug-likeness (QED) is 0.538. The highest BCUT2D eigenvalue weighted by Gasteiger charge is 2.02. The third-order valence-corrected chi connectivity index (χ3v) is 1.83. The Morgan fingerprint density at radius 1 is 1.67 bits per heavy atom. The van der Waals surface area contributed by atoms with Crippen LogP contribution in [-0.4, -0.2) is 29.4 Å². The first-order valence-electron chi connectivity index (χ1n) is 4.26. The Bertz CT molecular complexity index is 130. The number of aliphatic hydroxyl groups excluding tert-OH is 1. The summed E-state index contributed by atoms with van der Waals surface area (Å²) in [4.78, 5) is 10.9. The molecule has 1 amide bonds. The molecule has 4 heteroatoms. The maximum absolute atomic E-state index is 10.9. The summed E-state index contributed by atoms with van der Waals surface area (Å²) >= 11 is 3.93. The van der Waals surface area contributed by atoms with E-state index in [-0.39, 0.29) is 12.0 Å². The van der Waals surface area contributed by atoms with E-state index in [2.05, 4.69) is 17.9 Å². The number of carbonyl (C=O) groups is 1. The average Bonchev–Trinajstić information content (AvgIpc) is 2.04. The lowest BCUT2D eigenvalue weighted by molar-refractivity contribution is -0.120. The zero-order valence-electron chi connectivity index (χ0n) is 7.42. The summed E-state index contributed by atoms with van der Waals surface area (Å²) in [6, 6.07) is 0. The molecule has 1 unspecified atom stereocenters. The van der Waals surface area contributed by atoms with Crippen molar-refractivity contribution in [2.75, 3.05) is 12.3 Å². The number of thiol groups is 1. The highest BCUT2D eigenvalue weighted by Crippen LogP contribution is 1.94. The molecular weight excluding hydrogens is 174 g/mol. The fraction of sp³-hybridized carbons (Fsp3) is 0.875. The molecule has 0 aromatic heterocycles. The molecule has 12 heavy (non-hydrogen) atoms. The monoisotopic (exact) mass is 191 g/mol. The van der Waals surface area contributed by atoms with E-state index in [1.165, 1.54) is 0 Å². The summed E-state index contributed by atoms with van der Waals surface area (Å²) < 4.78 is 0. The minimum atomic E-state index is -0.290. The number of rotatable bonds is 6. The van der Waals surface area contributed by atoms with Crippen molar-refractivity contribution in [1.82, 2.24) is 5.32 Å². The molecule has 0 fully saturated rings. The van der Waals surface area contributed by atoms with Crippen LogP contribution in [0.15, 0.2) is 0 Å². The van der Waals surface area contributed by atoms with E-state index in [1.54, 1.807) is 0 Å². The van der Waals surface area contributed by atoms with E-state index < -0.39 is 0 Å². The van der Waals surface area contributed by atoms with Crippen LogP contribution in [0.25, 0.3) is 0 Å². The maximum Gasteiger partial charge on any atom is 0.220 e. The molecule has 0 aliphatic carbocycles. The second-order valence-corrected chi connectivity index (χ2v) is 3.12. The third-order valence-electron chi connectivity index (χ3n) is 1.61. The van der Waals surface area contributed by atoms with Crippen molar-refractivity contribution in [2.45, 2.75) is 32.3 Å². The van der Waals surface area contributed by atoms with E-state index in [4.69, 9.17) is 5.11 Å². The second-order valence-electron chi connectivity index (χ2n) is 2.67. The first-order valence-corrected chi connectivity index (χ1v) is 4.89. The standard InChI is InChI=1S/C8H17NO2S/c1-2-7(10)3-5-9-8(11)4-6-12/h7,10,12H,2-6H2,1H3,(H,9,11). The second kappa shape index (κ2) is 7.43. The Labute approximate surface area is 79.0 Å². The normalized spacial score (nSPS) is 12.6. The van der Waals surface area contributed by atoms with Crippen LogP contribution >= 0.6 is 12.6 Å². The number of nitrogens with one attached hydrogen (secondary N) is 1. The van der Waals surface area contributed by atoms with Gasteiger partial charge < -0.3 is 10.4 Å². The summed E-state index contributed by atoms with van der Waals surface area (Å²) in [6.45, 7) is 2.47. The Kier molecular flexibility index (Phi) is 7.29. The molecule has 0 aromatic rings. The van der Waals surface area contributed by atoms with Crippen LogP contribution in [0, 0.1) is 0 Å². The zero-order chi connectivity index (χ0) is 9.40. The lowest BCUT2D eigenvalue weighted by atomic mass is 10.2. The van der Waals surface area contributed by atoms with Crippen LogP contribution in [0.5, 0.6) is 0 Å². The van der Waals surface area contributed by atoms with E-state index in [0.717, 1.165) is 6.42 Å². The van der Waals surface area contributed by atoms with E-state index in [9.17, 15) is 4.79 Å². The van der Waals surface area contributed by atoms with E-state index >= 15 is 0 Å². The van der Waals surface area contributed by atoms with Gasteiger partial charge in [0, 0.05) is 13.0 Å². The van der Waals surface area contributed by atoms with Crippen molar-refractivity contribution >= 4 is 18.5 Å². The summed E-state index contributed by atoms with van der Waals surface area (Å²) in [7, 11) is 0. The molecule has 0 saturated carbocycles. The van der Waals surface area contributed by atoms with Crippen molar-refractivity contribution in [3.8, 4) is 0 Å². The van der Waals surface area contributed by atoms with Gasteiger partial charge >= 0.3 is 0 Å². The van der Waals surface area contributed by atoms with Crippen LogP contribution in [0.4, 0.5) is 0 Å². The summed E-state index contributed by atoms with van der Waals surface area (Å²) in [5, 5.41) is 11.8. The van der Waals surface area contributed by atoms with Crippen LogP contribution in [0.3, 0.4) is 0 Å². The SMILES string of the molecule is CCC(O)CCNC(=O)CCS. The molecule has 0 saturated heterocycles. The Morgan fingerprint density at radius 3 is 2.83 bits per heavy atom. The molecule has 0 rings (SSSR count). The van der Waals surface area contributed by atoms with Gasteiger partial charge in [0.15, 0.2) is 0 Å². The lowest BCUT2D eigenvalue weighted by Crippen LogP contribution is -2.26. The van der Waals surface area contributed by atoms with Crippen LogP contribution in [0.2, 0.25) is 0 Å². The number of hydrogen-bond donors (Lipinski definition) is 3. The molecular formula is C8H17NO2S. The number of amides is 1. The van der Waals surface area contributed by atoms with Crippen LogP contribution < -0.4 is 5.32 Å². The largest absolute Gasteiger partial charge is 0.393 e.